The van der Waals surface area contributed by atoms with Crippen molar-refractivity contribution in [3.63, 3.8) is 0 Å². The lowest BCUT2D eigenvalue weighted by atomic mass is 9.69. The van der Waals surface area contributed by atoms with Gasteiger partial charge in [-0.15, -0.1) is 0 Å². The zero-order chi connectivity index (χ0) is 23.2. The molecule has 5 heteroatoms. The van der Waals surface area contributed by atoms with E-state index in [2.05, 4.69) is 24.3 Å². The smallest absolute Gasteiger partial charge is 0.168 e. The first-order valence-corrected chi connectivity index (χ1v) is 11.8. The molecule has 2 aliphatic carbocycles. The first kappa shape index (κ1) is 23.2. The number of hydrogen-bond acceptors (Lipinski definition) is 5. The van der Waals surface area contributed by atoms with E-state index >= 15 is 0 Å². The lowest BCUT2D eigenvalue weighted by Crippen LogP contribution is -2.41. The average Bonchev–Trinajstić information content (AvgIpc) is 3.35. The Hall–Kier alpha value is -2.99. The Morgan fingerprint density at radius 1 is 0.636 bits per heavy atom. The predicted octanol–water partition coefficient (Wildman–Crippen LogP) is 5.36. The molecule has 1 heterocycles. The van der Waals surface area contributed by atoms with E-state index in [1.54, 1.807) is 0 Å². The fourth-order valence-electron chi connectivity index (χ4n) is 5.24. The van der Waals surface area contributed by atoms with Gasteiger partial charge >= 0.3 is 0 Å². The van der Waals surface area contributed by atoms with Crippen LogP contribution < -0.4 is 0 Å². The summed E-state index contributed by atoms with van der Waals surface area (Å²) < 4.78 is 11.4. The fourth-order valence-corrected chi connectivity index (χ4v) is 5.24. The Bertz CT molecular complexity index is 1010. The third-order valence-corrected chi connectivity index (χ3v) is 7.42. The van der Waals surface area contributed by atoms with Gasteiger partial charge in [-0.1, -0.05) is 60.7 Å². The highest BCUT2D eigenvalue weighted by molar-refractivity contribution is 5.80. The van der Waals surface area contributed by atoms with Crippen molar-refractivity contribution in [3.05, 3.63) is 71.8 Å². The second kappa shape index (κ2) is 9.87. The number of ether oxygens (including phenoxy) is 2. The quantitative estimate of drug-likeness (QED) is 0.625. The van der Waals surface area contributed by atoms with Crippen LogP contribution in [0.5, 0.6) is 0 Å². The third-order valence-electron chi connectivity index (χ3n) is 7.42. The largest absolute Gasteiger partial charge is 0.348 e. The molecule has 1 aliphatic heterocycles. The van der Waals surface area contributed by atoms with Crippen LogP contribution in [0.1, 0.15) is 62.5 Å². The van der Waals surface area contributed by atoms with Gasteiger partial charge in [0.25, 0.3) is 0 Å². The van der Waals surface area contributed by atoms with Gasteiger partial charge in [0.15, 0.2) is 5.79 Å². The molecule has 0 N–H and O–H groups in total. The minimum absolute atomic E-state index is 0.289. The Labute approximate surface area is 195 Å². The van der Waals surface area contributed by atoms with E-state index in [0.29, 0.717) is 38.9 Å². The molecule has 0 aromatic heterocycles. The van der Waals surface area contributed by atoms with Gasteiger partial charge in [0.2, 0.25) is 0 Å². The van der Waals surface area contributed by atoms with Crippen molar-refractivity contribution in [2.45, 2.75) is 68.0 Å². The maximum Gasteiger partial charge on any atom is 0.168 e. The highest BCUT2D eigenvalue weighted by Gasteiger charge is 2.47. The van der Waals surface area contributed by atoms with Crippen LogP contribution in [0.4, 0.5) is 0 Å². The summed E-state index contributed by atoms with van der Waals surface area (Å²) in [6.07, 6.45) is 5.69. The topological polar surface area (TPSA) is 83.1 Å². The summed E-state index contributed by atoms with van der Waals surface area (Å²) in [5.74, 6) is -0.105. The monoisotopic (exact) mass is 442 g/mol. The highest BCUT2D eigenvalue weighted by Crippen LogP contribution is 2.46. The number of benzene rings is 2. The summed E-state index contributed by atoms with van der Waals surface area (Å²) in [5.41, 5.74) is 1.40. The van der Waals surface area contributed by atoms with Gasteiger partial charge < -0.3 is 9.47 Å². The van der Waals surface area contributed by atoms with Crippen molar-refractivity contribution in [2.24, 2.45) is 0 Å². The summed E-state index contributed by atoms with van der Waals surface area (Å²) >= 11 is 0. The third kappa shape index (κ3) is 4.86. The Kier molecular flexibility index (Phi) is 6.94. The molecule has 0 bridgehead atoms. The molecule has 1 saturated heterocycles. The van der Waals surface area contributed by atoms with Crippen molar-refractivity contribution in [1.82, 2.24) is 0 Å². The number of carbonyl (C=O) groups is 1. The predicted molar refractivity (Wildman–Crippen MR) is 124 cm³/mol. The Morgan fingerprint density at radius 3 is 1.48 bits per heavy atom. The molecule has 0 radical (unpaired) electrons. The summed E-state index contributed by atoms with van der Waals surface area (Å²) in [5, 5.41) is 18.9. The molecule has 0 unspecified atom stereocenters. The van der Waals surface area contributed by atoms with Gasteiger partial charge in [0.1, 0.15) is 5.78 Å². The molecule has 5 rings (SSSR count). The van der Waals surface area contributed by atoms with Gasteiger partial charge in [-0.3, -0.25) is 4.79 Å². The summed E-state index contributed by atoms with van der Waals surface area (Å²) in [7, 11) is 0. The minimum atomic E-state index is -0.421. The number of nitrogens with zero attached hydrogens (tertiary/aromatic N) is 2. The van der Waals surface area contributed by atoms with Crippen LogP contribution in [-0.2, 0) is 25.1 Å². The van der Waals surface area contributed by atoms with E-state index < -0.39 is 11.2 Å². The lowest BCUT2D eigenvalue weighted by Gasteiger charge is -2.40. The molecule has 0 atom stereocenters. The van der Waals surface area contributed by atoms with Crippen LogP contribution in [-0.4, -0.2) is 24.8 Å². The zero-order valence-corrected chi connectivity index (χ0v) is 19.0. The SMILES string of the molecule is N#CC1(c2ccccc2)CCC(=O)CC1.N#CC1(c2ccccc2)CCC2(CC1)OCCO2. The molecule has 2 aromatic rings. The van der Waals surface area contributed by atoms with Gasteiger partial charge in [-0.05, 0) is 36.8 Å². The number of Topliss-reactive ketones (excluding diaryl/α,β-unsaturated/α-hetero) is 1. The number of carbonyl (C=O) groups excluding carboxylic acids is 1. The number of hydrogen-bond donors (Lipinski definition) is 0. The molecule has 2 aromatic carbocycles. The van der Waals surface area contributed by atoms with Crippen LogP contribution in [0.3, 0.4) is 0 Å². The standard InChI is InChI=1S/C15H17NO2.C13H13NO/c16-12-14(13-4-2-1-3-5-13)6-8-15(9-7-14)17-10-11-18-15;14-10-13(8-6-12(15)7-9-13)11-4-2-1-3-5-11/h1-5H,6-11H2;1-5H,6-9H2. The Balaban J connectivity index is 0.000000160. The van der Waals surface area contributed by atoms with Crippen molar-refractivity contribution in [2.75, 3.05) is 13.2 Å². The van der Waals surface area contributed by atoms with Crippen molar-refractivity contribution < 1.29 is 14.3 Å². The number of ketones is 1. The van der Waals surface area contributed by atoms with E-state index in [-0.39, 0.29) is 11.2 Å². The zero-order valence-electron chi connectivity index (χ0n) is 19.0. The van der Waals surface area contributed by atoms with Crippen molar-refractivity contribution in [3.8, 4) is 12.1 Å². The molecular formula is C28H30N2O3. The van der Waals surface area contributed by atoms with Crippen molar-refractivity contribution >= 4 is 5.78 Å². The molecular weight excluding hydrogens is 412 g/mol. The van der Waals surface area contributed by atoms with E-state index in [1.807, 2.05) is 48.5 Å². The number of rotatable bonds is 2. The second-order valence-electron chi connectivity index (χ2n) is 9.27. The number of nitriles is 2. The van der Waals surface area contributed by atoms with Crippen LogP contribution >= 0.6 is 0 Å². The molecule has 5 nitrogen and oxygen atoms in total. The molecule has 3 fully saturated rings. The van der Waals surface area contributed by atoms with E-state index in [4.69, 9.17) is 9.47 Å². The fraction of sp³-hybridized carbons (Fsp3) is 0.464. The van der Waals surface area contributed by atoms with Gasteiger partial charge in [0, 0.05) is 25.7 Å². The van der Waals surface area contributed by atoms with Crippen LogP contribution in [0.15, 0.2) is 60.7 Å². The van der Waals surface area contributed by atoms with Gasteiger partial charge in [-0.25, -0.2) is 0 Å². The van der Waals surface area contributed by atoms with Gasteiger partial charge in [-0.2, -0.15) is 10.5 Å². The molecule has 1 spiro atoms. The van der Waals surface area contributed by atoms with E-state index in [1.165, 1.54) is 0 Å². The molecule has 3 aliphatic rings. The summed E-state index contributed by atoms with van der Waals surface area (Å²) in [6, 6.07) is 24.8. The maximum atomic E-state index is 11.2. The average molecular weight is 443 g/mol. The van der Waals surface area contributed by atoms with E-state index in [0.717, 1.165) is 36.8 Å². The van der Waals surface area contributed by atoms with Crippen LogP contribution in [0.2, 0.25) is 0 Å². The normalized spacial score (nSPS) is 22.4. The van der Waals surface area contributed by atoms with Crippen molar-refractivity contribution in [1.29, 1.82) is 10.5 Å². The maximum absolute atomic E-state index is 11.2. The first-order valence-electron chi connectivity index (χ1n) is 11.8. The highest BCUT2D eigenvalue weighted by atomic mass is 16.7. The summed E-state index contributed by atoms with van der Waals surface area (Å²) in [4.78, 5) is 11.2. The molecule has 0 amide bonds. The molecule has 2 saturated carbocycles. The molecule has 33 heavy (non-hydrogen) atoms. The van der Waals surface area contributed by atoms with Gasteiger partial charge in [0.05, 0.1) is 36.2 Å². The first-order chi connectivity index (χ1) is 16.1. The van der Waals surface area contributed by atoms with E-state index in [9.17, 15) is 15.3 Å². The Morgan fingerprint density at radius 2 is 1.06 bits per heavy atom. The lowest BCUT2D eigenvalue weighted by molar-refractivity contribution is -0.182. The minimum Gasteiger partial charge on any atom is -0.348 e. The van der Waals surface area contributed by atoms with Crippen LogP contribution in [0, 0.1) is 22.7 Å². The second-order valence-corrected chi connectivity index (χ2v) is 9.27. The molecule has 170 valence electrons. The van der Waals surface area contributed by atoms with Crippen LogP contribution in [0.25, 0.3) is 0 Å². The summed E-state index contributed by atoms with van der Waals surface area (Å²) in [6.45, 7) is 1.37.